The van der Waals surface area contributed by atoms with E-state index in [0.29, 0.717) is 12.6 Å². The molecule has 1 fully saturated rings. The minimum Gasteiger partial charge on any atom is -0.367 e. The third-order valence-electron chi connectivity index (χ3n) is 5.61. The van der Waals surface area contributed by atoms with E-state index >= 15 is 0 Å². The molecule has 2 aliphatic carbocycles. The zero-order chi connectivity index (χ0) is 18.5. The van der Waals surface area contributed by atoms with Crippen molar-refractivity contribution in [3.8, 4) is 0 Å². The van der Waals surface area contributed by atoms with E-state index < -0.39 is 0 Å². The Bertz CT molecular complexity index is 850. The molecule has 0 aliphatic heterocycles. The van der Waals surface area contributed by atoms with Gasteiger partial charge in [-0.15, -0.1) is 0 Å². The van der Waals surface area contributed by atoms with Crippen LogP contribution in [0.5, 0.6) is 0 Å². The quantitative estimate of drug-likeness (QED) is 0.779. The second-order valence-corrected chi connectivity index (χ2v) is 7.60. The summed E-state index contributed by atoms with van der Waals surface area (Å²) in [6.07, 6.45) is 21.2. The van der Waals surface area contributed by atoms with E-state index in [0.717, 1.165) is 37.3 Å². The van der Waals surface area contributed by atoms with E-state index in [4.69, 9.17) is 0 Å². The van der Waals surface area contributed by atoms with Gasteiger partial charge in [0.15, 0.2) is 0 Å². The van der Waals surface area contributed by atoms with Gasteiger partial charge in [0, 0.05) is 31.5 Å². The van der Waals surface area contributed by atoms with Crippen LogP contribution in [0.15, 0.2) is 41.7 Å². The maximum atomic E-state index is 12.7. The third kappa shape index (κ3) is 4.26. The average molecular weight is 367 g/mol. The molecule has 2 aromatic heterocycles. The van der Waals surface area contributed by atoms with Crippen LogP contribution in [0.1, 0.15) is 57.1 Å². The van der Waals surface area contributed by atoms with Crippen molar-refractivity contribution in [1.29, 1.82) is 0 Å². The lowest BCUT2D eigenvalue weighted by atomic mass is 9.95. The second-order valence-electron chi connectivity index (χ2n) is 7.60. The molecule has 0 spiro atoms. The molecule has 0 saturated heterocycles. The lowest BCUT2D eigenvalue weighted by molar-refractivity contribution is 0.462. The Morgan fingerprint density at radius 1 is 1.22 bits per heavy atom. The Hall–Kier alpha value is -2.50. The Morgan fingerprint density at radius 3 is 2.85 bits per heavy atom. The number of H-pyrrole nitrogens is 1. The first-order valence-corrected chi connectivity index (χ1v) is 10.2. The molecule has 6 nitrogen and oxygen atoms in total. The molecule has 0 radical (unpaired) electrons. The van der Waals surface area contributed by atoms with Gasteiger partial charge in [0.1, 0.15) is 5.82 Å². The summed E-state index contributed by atoms with van der Waals surface area (Å²) in [5.74, 6) is 0.913. The molecule has 4 rings (SSSR count). The molecule has 0 bridgehead atoms. The van der Waals surface area contributed by atoms with Gasteiger partial charge in [-0.3, -0.25) is 9.55 Å². The molecule has 1 saturated carbocycles. The van der Waals surface area contributed by atoms with E-state index in [9.17, 15) is 4.79 Å². The summed E-state index contributed by atoms with van der Waals surface area (Å²) in [5.41, 5.74) is 2.29. The summed E-state index contributed by atoms with van der Waals surface area (Å²) < 4.78 is 3.98. The fourth-order valence-electron chi connectivity index (χ4n) is 4.20. The molecule has 6 heteroatoms. The highest BCUT2D eigenvalue weighted by Crippen LogP contribution is 2.30. The zero-order valence-electron chi connectivity index (χ0n) is 15.9. The van der Waals surface area contributed by atoms with Crippen molar-refractivity contribution in [3.05, 3.63) is 53.1 Å². The van der Waals surface area contributed by atoms with Crippen LogP contribution in [0.25, 0.3) is 5.57 Å². The van der Waals surface area contributed by atoms with Crippen LogP contribution in [0.4, 0.5) is 5.82 Å². The number of imidazole rings is 2. The highest BCUT2D eigenvalue weighted by atomic mass is 16.1. The summed E-state index contributed by atoms with van der Waals surface area (Å²) in [5, 5.41) is 3.66. The lowest BCUT2D eigenvalue weighted by Crippen LogP contribution is -2.23. The second kappa shape index (κ2) is 8.46. The van der Waals surface area contributed by atoms with Gasteiger partial charge in [-0.05, 0) is 37.7 Å². The van der Waals surface area contributed by atoms with Gasteiger partial charge in [0.25, 0.3) is 0 Å². The first-order valence-electron chi connectivity index (χ1n) is 10.2. The predicted octanol–water partition coefficient (Wildman–Crippen LogP) is 3.94. The fraction of sp³-hybridized carbons (Fsp3) is 0.524. The predicted molar refractivity (Wildman–Crippen MR) is 109 cm³/mol. The number of hydrogen-bond donors (Lipinski definition) is 2. The van der Waals surface area contributed by atoms with E-state index in [1.54, 1.807) is 6.20 Å². The van der Waals surface area contributed by atoms with Crippen molar-refractivity contribution in [2.24, 2.45) is 0 Å². The largest absolute Gasteiger partial charge is 0.367 e. The van der Waals surface area contributed by atoms with Gasteiger partial charge in [-0.1, -0.05) is 37.5 Å². The van der Waals surface area contributed by atoms with Crippen molar-refractivity contribution in [2.45, 2.75) is 70.5 Å². The maximum absolute atomic E-state index is 12.7. The summed E-state index contributed by atoms with van der Waals surface area (Å²) in [7, 11) is 0. The summed E-state index contributed by atoms with van der Waals surface area (Å²) in [4.78, 5) is 19.9. The van der Waals surface area contributed by atoms with E-state index in [1.807, 2.05) is 17.1 Å². The third-order valence-corrected chi connectivity index (χ3v) is 5.61. The molecule has 0 atom stereocenters. The van der Waals surface area contributed by atoms with Crippen molar-refractivity contribution in [1.82, 2.24) is 19.1 Å². The van der Waals surface area contributed by atoms with Crippen LogP contribution in [-0.4, -0.2) is 25.1 Å². The maximum Gasteiger partial charge on any atom is 0.327 e. The molecule has 2 aromatic rings. The molecule has 0 unspecified atom stereocenters. The zero-order valence-corrected chi connectivity index (χ0v) is 15.9. The number of aromatic amines is 1. The van der Waals surface area contributed by atoms with Gasteiger partial charge >= 0.3 is 5.69 Å². The highest BCUT2D eigenvalue weighted by molar-refractivity contribution is 5.74. The standard InChI is InChI=1S/C21H29N5O/c27-21-24-20(23-18-10-5-2-6-11-18)19(17-8-3-1-4-9-17)26(21)14-7-13-25-15-12-22-16-25/h1,3,8,12,15-16,18,23H,2,4-7,9-11,13-14H2,(H,24,27). The number of rotatable bonds is 7. The minimum atomic E-state index is -0.00982. The SMILES string of the molecule is O=c1[nH]c(NC2CCCCC2)c(C2=CC=CCC2)n1CCCn1ccnc1. The van der Waals surface area contributed by atoms with Crippen LogP contribution in [-0.2, 0) is 13.1 Å². The van der Waals surface area contributed by atoms with Crippen molar-refractivity contribution in [2.75, 3.05) is 5.32 Å². The fourth-order valence-corrected chi connectivity index (χ4v) is 4.20. The Balaban J connectivity index is 1.57. The monoisotopic (exact) mass is 367 g/mol. The Morgan fingerprint density at radius 2 is 2.11 bits per heavy atom. The number of anilines is 1. The normalized spacial score (nSPS) is 17.9. The van der Waals surface area contributed by atoms with Crippen LogP contribution in [0.2, 0.25) is 0 Å². The molecule has 27 heavy (non-hydrogen) atoms. The lowest BCUT2D eigenvalue weighted by Gasteiger charge is -2.24. The summed E-state index contributed by atoms with van der Waals surface area (Å²) in [6, 6.07) is 0.467. The van der Waals surface area contributed by atoms with Crippen molar-refractivity contribution >= 4 is 11.4 Å². The van der Waals surface area contributed by atoms with Crippen LogP contribution >= 0.6 is 0 Å². The first kappa shape index (κ1) is 17.9. The summed E-state index contributed by atoms with van der Waals surface area (Å²) >= 11 is 0. The van der Waals surface area contributed by atoms with Crippen LogP contribution in [0.3, 0.4) is 0 Å². The van der Waals surface area contributed by atoms with Crippen molar-refractivity contribution in [3.63, 3.8) is 0 Å². The Labute approximate surface area is 160 Å². The van der Waals surface area contributed by atoms with E-state index in [2.05, 4.69) is 38.1 Å². The smallest absolute Gasteiger partial charge is 0.327 e. The average Bonchev–Trinajstić information content (AvgIpc) is 3.32. The molecule has 2 heterocycles. The van der Waals surface area contributed by atoms with Crippen LogP contribution < -0.4 is 11.0 Å². The molecule has 144 valence electrons. The molecule has 2 N–H and O–H groups in total. The molecule has 0 aromatic carbocycles. The van der Waals surface area contributed by atoms with Crippen molar-refractivity contribution < 1.29 is 0 Å². The number of nitrogens with one attached hydrogen (secondary N) is 2. The van der Waals surface area contributed by atoms with Gasteiger partial charge in [0.2, 0.25) is 0 Å². The first-order chi connectivity index (χ1) is 13.3. The topological polar surface area (TPSA) is 67.6 Å². The molecular formula is C21H29N5O. The number of allylic oxidation sites excluding steroid dienone is 4. The number of hydrogen-bond acceptors (Lipinski definition) is 3. The van der Waals surface area contributed by atoms with E-state index in [1.165, 1.54) is 37.7 Å². The Kier molecular flexibility index (Phi) is 5.61. The molecular weight excluding hydrogens is 338 g/mol. The number of aryl methyl sites for hydroxylation is 1. The molecule has 0 amide bonds. The summed E-state index contributed by atoms with van der Waals surface area (Å²) in [6.45, 7) is 1.57. The van der Waals surface area contributed by atoms with E-state index in [-0.39, 0.29) is 5.69 Å². The minimum absolute atomic E-state index is 0.00982. The number of nitrogens with zero attached hydrogens (tertiary/aromatic N) is 3. The van der Waals surface area contributed by atoms with Gasteiger partial charge < -0.3 is 9.88 Å². The van der Waals surface area contributed by atoms with Gasteiger partial charge in [0.05, 0.1) is 12.0 Å². The molecule has 2 aliphatic rings. The van der Waals surface area contributed by atoms with Gasteiger partial charge in [-0.2, -0.15) is 0 Å². The highest BCUT2D eigenvalue weighted by Gasteiger charge is 2.21. The van der Waals surface area contributed by atoms with Gasteiger partial charge in [-0.25, -0.2) is 9.78 Å². The van der Waals surface area contributed by atoms with Crippen LogP contribution in [0, 0.1) is 0 Å². The number of aromatic nitrogens is 4.